The van der Waals surface area contributed by atoms with Crippen LogP contribution in [-0.4, -0.2) is 43.0 Å². The van der Waals surface area contributed by atoms with Crippen molar-refractivity contribution in [2.75, 3.05) is 6.61 Å². The maximum atomic E-state index is 11.4. The standard InChI is InChI=1S/C18H20O6/c1-18(2)23-16-15(21-9-11-6-4-3-5-7-11)14(22-17(16)24-18)12-8-13(19)20-10-12/h3-8,14-17H,9-10H2,1-2H3/t14-,15-,16-,17-/m1/s1. The van der Waals surface area contributed by atoms with Gasteiger partial charge in [0.05, 0.1) is 6.61 Å². The van der Waals surface area contributed by atoms with Crippen molar-refractivity contribution in [1.29, 1.82) is 0 Å². The van der Waals surface area contributed by atoms with E-state index in [4.69, 9.17) is 23.7 Å². The van der Waals surface area contributed by atoms with Crippen LogP contribution in [0.1, 0.15) is 19.4 Å². The fourth-order valence-electron chi connectivity index (χ4n) is 3.28. The molecular weight excluding hydrogens is 312 g/mol. The van der Waals surface area contributed by atoms with Gasteiger partial charge in [-0.15, -0.1) is 0 Å². The smallest absolute Gasteiger partial charge is 0.331 e. The predicted molar refractivity (Wildman–Crippen MR) is 82.8 cm³/mol. The SMILES string of the molecule is CC1(C)O[C@H]2O[C@H](C3=CC(=O)OC3)[C@@H](OCc3ccccc3)[C@H]2O1. The molecular formula is C18H20O6. The van der Waals surface area contributed by atoms with Gasteiger partial charge in [-0.05, 0) is 19.4 Å². The van der Waals surface area contributed by atoms with Crippen molar-refractivity contribution in [3.63, 3.8) is 0 Å². The maximum absolute atomic E-state index is 11.4. The summed E-state index contributed by atoms with van der Waals surface area (Å²) in [5, 5.41) is 0. The number of carbonyl (C=O) groups is 1. The van der Waals surface area contributed by atoms with E-state index in [9.17, 15) is 4.79 Å². The molecule has 0 N–H and O–H groups in total. The lowest BCUT2D eigenvalue weighted by Gasteiger charge is -2.26. The minimum Gasteiger partial charge on any atom is -0.458 e. The molecule has 0 spiro atoms. The Morgan fingerprint density at radius 3 is 2.71 bits per heavy atom. The zero-order valence-corrected chi connectivity index (χ0v) is 13.6. The van der Waals surface area contributed by atoms with Crippen LogP contribution in [0.15, 0.2) is 42.0 Å². The van der Waals surface area contributed by atoms with Crippen LogP contribution in [0.4, 0.5) is 0 Å². The first-order valence-electron chi connectivity index (χ1n) is 8.06. The summed E-state index contributed by atoms with van der Waals surface area (Å²) in [5.74, 6) is -1.07. The van der Waals surface area contributed by atoms with Crippen LogP contribution in [-0.2, 0) is 35.1 Å². The lowest BCUT2D eigenvalue weighted by atomic mass is 10.0. The molecule has 0 radical (unpaired) electrons. The van der Waals surface area contributed by atoms with Gasteiger partial charge in [-0.25, -0.2) is 4.79 Å². The molecule has 0 saturated carbocycles. The summed E-state index contributed by atoms with van der Waals surface area (Å²) in [6.07, 6.45) is -0.160. The summed E-state index contributed by atoms with van der Waals surface area (Å²) in [6.45, 7) is 4.34. The van der Waals surface area contributed by atoms with Gasteiger partial charge in [-0.2, -0.15) is 0 Å². The molecule has 0 aliphatic carbocycles. The van der Waals surface area contributed by atoms with Crippen molar-refractivity contribution in [3.05, 3.63) is 47.5 Å². The third-order valence-electron chi connectivity index (χ3n) is 4.33. The first kappa shape index (κ1) is 15.8. The Morgan fingerprint density at radius 1 is 1.21 bits per heavy atom. The van der Waals surface area contributed by atoms with Gasteiger partial charge in [-0.1, -0.05) is 30.3 Å². The van der Waals surface area contributed by atoms with E-state index in [1.165, 1.54) is 6.08 Å². The highest BCUT2D eigenvalue weighted by Gasteiger charge is 2.56. The lowest BCUT2D eigenvalue weighted by molar-refractivity contribution is -0.214. The summed E-state index contributed by atoms with van der Waals surface area (Å²) in [4.78, 5) is 11.4. The normalized spacial score (nSPS) is 34.1. The Kier molecular flexibility index (Phi) is 3.92. The van der Waals surface area contributed by atoms with Crippen molar-refractivity contribution in [2.24, 2.45) is 0 Å². The number of ether oxygens (including phenoxy) is 5. The van der Waals surface area contributed by atoms with Crippen LogP contribution in [0.2, 0.25) is 0 Å². The van der Waals surface area contributed by atoms with E-state index in [1.54, 1.807) is 0 Å². The highest BCUT2D eigenvalue weighted by Crippen LogP contribution is 2.41. The molecule has 1 aromatic carbocycles. The van der Waals surface area contributed by atoms with E-state index in [2.05, 4.69) is 0 Å². The maximum Gasteiger partial charge on any atom is 0.331 e. The van der Waals surface area contributed by atoms with Gasteiger partial charge in [-0.3, -0.25) is 0 Å². The summed E-state index contributed by atoms with van der Waals surface area (Å²) in [7, 11) is 0. The molecule has 4 rings (SSSR count). The Bertz CT molecular complexity index is 653. The average Bonchev–Trinajstić information content (AvgIpc) is 3.18. The summed E-state index contributed by atoms with van der Waals surface area (Å²) < 4.78 is 28.9. The third kappa shape index (κ3) is 2.98. The summed E-state index contributed by atoms with van der Waals surface area (Å²) >= 11 is 0. The van der Waals surface area contributed by atoms with Crippen molar-refractivity contribution in [3.8, 4) is 0 Å². The topological polar surface area (TPSA) is 63.2 Å². The molecule has 24 heavy (non-hydrogen) atoms. The first-order valence-corrected chi connectivity index (χ1v) is 8.06. The molecule has 3 heterocycles. The van der Waals surface area contributed by atoms with E-state index in [0.29, 0.717) is 6.61 Å². The molecule has 2 saturated heterocycles. The second-order valence-electron chi connectivity index (χ2n) is 6.61. The molecule has 3 aliphatic rings. The minimum atomic E-state index is -0.717. The summed E-state index contributed by atoms with van der Waals surface area (Å²) in [6, 6.07) is 9.89. The van der Waals surface area contributed by atoms with Gasteiger partial charge in [0.2, 0.25) is 0 Å². The van der Waals surface area contributed by atoms with Crippen LogP contribution in [0.5, 0.6) is 0 Å². The van der Waals surface area contributed by atoms with E-state index >= 15 is 0 Å². The van der Waals surface area contributed by atoms with E-state index < -0.39 is 18.2 Å². The molecule has 0 bridgehead atoms. The van der Waals surface area contributed by atoms with Crippen molar-refractivity contribution < 1.29 is 28.5 Å². The second-order valence-corrected chi connectivity index (χ2v) is 6.61. The molecule has 1 aromatic rings. The molecule has 4 atom stereocenters. The van der Waals surface area contributed by atoms with Crippen molar-refractivity contribution in [1.82, 2.24) is 0 Å². The Morgan fingerprint density at radius 2 is 2.00 bits per heavy atom. The highest BCUT2D eigenvalue weighted by atomic mass is 16.8. The van der Waals surface area contributed by atoms with Crippen molar-refractivity contribution >= 4 is 5.97 Å². The Balaban J connectivity index is 1.53. The van der Waals surface area contributed by atoms with Gasteiger partial charge in [0.25, 0.3) is 0 Å². The van der Waals surface area contributed by atoms with E-state index in [1.807, 2.05) is 44.2 Å². The molecule has 0 unspecified atom stereocenters. The van der Waals surface area contributed by atoms with Crippen LogP contribution >= 0.6 is 0 Å². The van der Waals surface area contributed by atoms with Gasteiger partial charge in [0.15, 0.2) is 12.1 Å². The zero-order chi connectivity index (χ0) is 16.7. The number of rotatable bonds is 4. The van der Waals surface area contributed by atoms with E-state index in [0.717, 1.165) is 11.1 Å². The fourth-order valence-corrected chi connectivity index (χ4v) is 3.28. The minimum absolute atomic E-state index is 0.220. The molecule has 128 valence electrons. The molecule has 3 aliphatic heterocycles. The van der Waals surface area contributed by atoms with Gasteiger partial charge in [0.1, 0.15) is 24.9 Å². The zero-order valence-electron chi connectivity index (χ0n) is 13.6. The largest absolute Gasteiger partial charge is 0.458 e. The number of hydrogen-bond acceptors (Lipinski definition) is 6. The molecule has 6 nitrogen and oxygen atoms in total. The number of cyclic esters (lactones) is 1. The van der Waals surface area contributed by atoms with E-state index in [-0.39, 0.29) is 24.8 Å². The van der Waals surface area contributed by atoms with Crippen LogP contribution in [0, 0.1) is 0 Å². The third-order valence-corrected chi connectivity index (χ3v) is 4.33. The fraction of sp³-hybridized carbons (Fsp3) is 0.500. The van der Waals surface area contributed by atoms with Gasteiger partial charge >= 0.3 is 5.97 Å². The first-order chi connectivity index (χ1) is 11.5. The second kappa shape index (κ2) is 5.97. The molecule has 6 heteroatoms. The van der Waals surface area contributed by atoms with Crippen molar-refractivity contribution in [2.45, 2.75) is 50.8 Å². The van der Waals surface area contributed by atoms with Gasteiger partial charge in [0, 0.05) is 11.6 Å². The number of fused-ring (bicyclic) bond motifs is 1. The predicted octanol–water partition coefficient (Wildman–Crippen LogP) is 1.93. The van der Waals surface area contributed by atoms with Gasteiger partial charge < -0.3 is 23.7 Å². The molecule has 2 fully saturated rings. The van der Waals surface area contributed by atoms with Crippen LogP contribution < -0.4 is 0 Å². The Hall–Kier alpha value is -1.73. The highest BCUT2D eigenvalue weighted by molar-refractivity contribution is 5.85. The number of hydrogen-bond donors (Lipinski definition) is 0. The monoisotopic (exact) mass is 332 g/mol. The lowest BCUT2D eigenvalue weighted by Crippen LogP contribution is -2.38. The Labute approximate surface area is 140 Å². The molecule has 0 aromatic heterocycles. The quantitative estimate of drug-likeness (QED) is 0.785. The molecule has 0 amide bonds. The average molecular weight is 332 g/mol. The number of esters is 1. The van der Waals surface area contributed by atoms with Crippen LogP contribution in [0.3, 0.4) is 0 Å². The van der Waals surface area contributed by atoms with Crippen LogP contribution in [0.25, 0.3) is 0 Å². The number of benzene rings is 1. The number of carbonyl (C=O) groups excluding carboxylic acids is 1. The summed E-state index contributed by atoms with van der Waals surface area (Å²) in [5.41, 5.74) is 1.82.